The number of hydroxylamine groups is 2. The van der Waals surface area contributed by atoms with Gasteiger partial charge >= 0.3 is 0 Å². The van der Waals surface area contributed by atoms with Gasteiger partial charge in [-0.3, -0.25) is 20.3 Å². The fourth-order valence-corrected chi connectivity index (χ4v) is 2.70. The number of non-ortho nitro benzene ring substituents is 1. The molecule has 1 aromatic heterocycles. The van der Waals surface area contributed by atoms with Gasteiger partial charge in [0.2, 0.25) is 0 Å². The van der Waals surface area contributed by atoms with Gasteiger partial charge in [-0.2, -0.15) is 4.99 Å². The molecule has 0 aliphatic carbocycles. The van der Waals surface area contributed by atoms with Gasteiger partial charge in [-0.05, 0) is 25.1 Å². The Morgan fingerprint density at radius 3 is 2.89 bits per heavy atom. The van der Waals surface area contributed by atoms with Crippen molar-refractivity contribution in [2.45, 2.75) is 6.92 Å². The van der Waals surface area contributed by atoms with Crippen LogP contribution in [0.25, 0.3) is 17.4 Å². The van der Waals surface area contributed by atoms with Crippen molar-refractivity contribution < 1.29 is 19.0 Å². The Morgan fingerprint density at radius 2 is 2.11 bits per heavy atom. The molecule has 4 rings (SSSR count). The summed E-state index contributed by atoms with van der Waals surface area (Å²) < 4.78 is 5.67. The van der Waals surface area contributed by atoms with Gasteiger partial charge in [0, 0.05) is 23.8 Å². The molecule has 3 heterocycles. The van der Waals surface area contributed by atoms with E-state index >= 15 is 0 Å². The summed E-state index contributed by atoms with van der Waals surface area (Å²) >= 11 is 0. The number of nitrogens with one attached hydrogen (secondary N) is 1. The Kier molecular flexibility index (Phi) is 3.69. The quantitative estimate of drug-likeness (QED) is 0.506. The number of rotatable bonds is 3. The third kappa shape index (κ3) is 2.91. The normalized spacial score (nSPS) is 17.5. The molecule has 0 atom stereocenters. The van der Waals surface area contributed by atoms with Gasteiger partial charge in [0.1, 0.15) is 17.3 Å². The number of fused-ring (bicyclic) bond motifs is 1. The Labute approximate surface area is 152 Å². The van der Waals surface area contributed by atoms with Gasteiger partial charge in [0.15, 0.2) is 11.7 Å². The number of amides is 1. The van der Waals surface area contributed by atoms with Crippen LogP contribution < -0.4 is 0 Å². The molecule has 0 fully saturated rings. The fraction of sp³-hybridized carbons (Fsp3) is 0.0556. The molecule has 0 spiro atoms. The first-order valence-corrected chi connectivity index (χ1v) is 7.87. The smallest absolute Gasteiger partial charge is 0.283 e. The Morgan fingerprint density at radius 1 is 1.30 bits per heavy atom. The van der Waals surface area contributed by atoms with Gasteiger partial charge in [-0.25, -0.2) is 0 Å². The van der Waals surface area contributed by atoms with E-state index in [4.69, 9.17) is 14.7 Å². The SMILES string of the molecule is CC1=CC2=NC(=O)/C(=C\c3ccc(-c4cccc([N+](=O)[O-])c4)o3)C(=N)N2O1. The first kappa shape index (κ1) is 16.5. The Bertz CT molecular complexity index is 1090. The summed E-state index contributed by atoms with van der Waals surface area (Å²) in [5.41, 5.74) is 0.493. The molecule has 0 saturated heterocycles. The largest absolute Gasteiger partial charge is 0.457 e. The zero-order valence-electron chi connectivity index (χ0n) is 14.0. The third-order valence-electron chi connectivity index (χ3n) is 3.94. The summed E-state index contributed by atoms with van der Waals surface area (Å²) in [5, 5.41) is 20.2. The number of nitrogens with zero attached hydrogens (tertiary/aromatic N) is 3. The van der Waals surface area contributed by atoms with Crippen molar-refractivity contribution in [3.8, 4) is 11.3 Å². The molecule has 134 valence electrons. The minimum absolute atomic E-state index is 0.0155. The van der Waals surface area contributed by atoms with Crippen molar-refractivity contribution in [1.29, 1.82) is 5.41 Å². The fourth-order valence-electron chi connectivity index (χ4n) is 2.70. The van der Waals surface area contributed by atoms with Crippen molar-refractivity contribution in [2.24, 2.45) is 4.99 Å². The highest BCUT2D eigenvalue weighted by molar-refractivity contribution is 6.32. The molecule has 1 amide bonds. The third-order valence-corrected chi connectivity index (χ3v) is 3.94. The van der Waals surface area contributed by atoms with Crippen molar-refractivity contribution in [3.63, 3.8) is 0 Å². The second-order valence-corrected chi connectivity index (χ2v) is 5.83. The maximum Gasteiger partial charge on any atom is 0.283 e. The van der Waals surface area contributed by atoms with Gasteiger partial charge in [-0.1, -0.05) is 12.1 Å². The number of carbonyl (C=O) groups excluding carboxylic acids is 1. The standard InChI is InChI=1S/C18H12N4O5/c1-10-7-16-20-18(23)14(17(19)21(16)27-10)9-13-5-6-15(26-13)11-3-2-4-12(8-11)22(24)25/h2-9,19H,1H3/b14-9-,19-17?. The van der Waals surface area contributed by atoms with E-state index in [0.29, 0.717) is 22.8 Å². The lowest BCUT2D eigenvalue weighted by molar-refractivity contribution is -0.384. The average Bonchev–Trinajstić information content (AvgIpc) is 3.25. The molecule has 2 aliphatic rings. The van der Waals surface area contributed by atoms with Gasteiger partial charge < -0.3 is 9.25 Å². The molecule has 9 heteroatoms. The number of furan rings is 1. The van der Waals surface area contributed by atoms with Gasteiger partial charge in [0.25, 0.3) is 11.6 Å². The summed E-state index contributed by atoms with van der Waals surface area (Å²) in [6.45, 7) is 1.69. The highest BCUT2D eigenvalue weighted by atomic mass is 16.7. The van der Waals surface area contributed by atoms with Crippen molar-refractivity contribution in [2.75, 3.05) is 0 Å². The number of carbonyl (C=O) groups is 1. The summed E-state index contributed by atoms with van der Waals surface area (Å²) in [7, 11) is 0. The number of allylic oxidation sites excluding steroid dienone is 1. The highest BCUT2D eigenvalue weighted by Crippen LogP contribution is 2.28. The summed E-state index contributed by atoms with van der Waals surface area (Å²) in [6.07, 6.45) is 2.96. The molecule has 0 bridgehead atoms. The molecule has 2 aromatic rings. The van der Waals surface area contributed by atoms with Crippen LogP contribution >= 0.6 is 0 Å². The summed E-state index contributed by atoms with van der Waals surface area (Å²) in [5.74, 6) is 0.780. The van der Waals surface area contributed by atoms with Crippen LogP contribution in [0.3, 0.4) is 0 Å². The second kappa shape index (κ2) is 6.06. The zero-order valence-corrected chi connectivity index (χ0v) is 14.0. The van der Waals surface area contributed by atoms with E-state index in [1.807, 2.05) is 0 Å². The lowest BCUT2D eigenvalue weighted by atomic mass is 10.1. The molecular formula is C18H12N4O5. The number of amidine groups is 2. The van der Waals surface area contributed by atoms with Crippen LogP contribution in [-0.2, 0) is 9.63 Å². The lowest BCUT2D eigenvalue weighted by Gasteiger charge is -2.22. The highest BCUT2D eigenvalue weighted by Gasteiger charge is 2.34. The molecule has 0 radical (unpaired) electrons. The van der Waals surface area contributed by atoms with Crippen LogP contribution in [0.2, 0.25) is 0 Å². The molecular weight excluding hydrogens is 352 g/mol. The number of nitro groups is 1. The lowest BCUT2D eigenvalue weighted by Crippen LogP contribution is -2.38. The van der Waals surface area contributed by atoms with E-state index < -0.39 is 10.8 Å². The van der Waals surface area contributed by atoms with E-state index in [1.54, 1.807) is 37.3 Å². The number of hydrogen-bond donors (Lipinski definition) is 1. The molecule has 0 unspecified atom stereocenters. The van der Waals surface area contributed by atoms with Crippen LogP contribution in [0.15, 0.2) is 63.2 Å². The van der Waals surface area contributed by atoms with Crippen LogP contribution in [-0.4, -0.2) is 27.6 Å². The van der Waals surface area contributed by atoms with Gasteiger partial charge in [0.05, 0.1) is 10.5 Å². The number of aliphatic imine (C=N–C) groups is 1. The number of nitro benzene ring substituents is 1. The van der Waals surface area contributed by atoms with Crippen LogP contribution in [0.1, 0.15) is 12.7 Å². The minimum Gasteiger partial charge on any atom is -0.457 e. The van der Waals surface area contributed by atoms with Crippen molar-refractivity contribution in [3.05, 3.63) is 69.7 Å². The maximum absolute atomic E-state index is 12.2. The van der Waals surface area contributed by atoms with Crippen molar-refractivity contribution >= 4 is 29.3 Å². The van der Waals surface area contributed by atoms with E-state index in [0.717, 1.165) is 5.06 Å². The van der Waals surface area contributed by atoms with E-state index in [2.05, 4.69) is 4.99 Å². The number of benzene rings is 1. The molecule has 27 heavy (non-hydrogen) atoms. The van der Waals surface area contributed by atoms with E-state index in [1.165, 1.54) is 18.2 Å². The van der Waals surface area contributed by atoms with E-state index in [9.17, 15) is 14.9 Å². The maximum atomic E-state index is 12.2. The predicted octanol–water partition coefficient (Wildman–Crippen LogP) is 3.31. The average molecular weight is 364 g/mol. The summed E-state index contributed by atoms with van der Waals surface area (Å²) in [4.78, 5) is 31.9. The number of hydrogen-bond acceptors (Lipinski definition) is 6. The van der Waals surface area contributed by atoms with Crippen LogP contribution in [0, 0.1) is 15.5 Å². The minimum atomic E-state index is -0.575. The second-order valence-electron chi connectivity index (χ2n) is 5.83. The molecule has 9 nitrogen and oxygen atoms in total. The Hall–Kier alpha value is -4.01. The Balaban J connectivity index is 1.65. The molecule has 1 aromatic carbocycles. The first-order chi connectivity index (χ1) is 12.9. The van der Waals surface area contributed by atoms with Crippen LogP contribution in [0.4, 0.5) is 5.69 Å². The molecule has 2 aliphatic heterocycles. The first-order valence-electron chi connectivity index (χ1n) is 7.87. The van der Waals surface area contributed by atoms with Crippen LogP contribution in [0.5, 0.6) is 0 Å². The van der Waals surface area contributed by atoms with Gasteiger partial charge in [-0.15, -0.1) is 5.06 Å². The predicted molar refractivity (Wildman–Crippen MR) is 95.6 cm³/mol. The topological polar surface area (TPSA) is 122 Å². The monoisotopic (exact) mass is 364 g/mol. The van der Waals surface area contributed by atoms with Crippen molar-refractivity contribution in [1.82, 2.24) is 5.06 Å². The molecule has 0 saturated carbocycles. The summed E-state index contributed by atoms with van der Waals surface area (Å²) in [6, 6.07) is 9.26. The molecule has 1 N–H and O–H groups in total. The van der Waals surface area contributed by atoms with E-state index in [-0.39, 0.29) is 22.9 Å². The zero-order chi connectivity index (χ0) is 19.1.